The molecule has 36 heavy (non-hydrogen) atoms. The topological polar surface area (TPSA) is 124 Å². The molecule has 0 spiro atoms. The Kier molecular flexibility index (Phi) is 5.93. The van der Waals surface area contributed by atoms with Crippen molar-refractivity contribution >= 4 is 23.6 Å². The van der Waals surface area contributed by atoms with Gasteiger partial charge >= 0.3 is 0 Å². The quantitative estimate of drug-likeness (QED) is 0.487. The van der Waals surface area contributed by atoms with Crippen LogP contribution in [0, 0.1) is 62.7 Å². The third kappa shape index (κ3) is 3.91. The van der Waals surface area contributed by atoms with Crippen LogP contribution in [-0.4, -0.2) is 32.0 Å². The molecule has 184 valence electrons. The number of nitrogens with zero attached hydrogens (tertiary/aromatic N) is 3. The minimum absolute atomic E-state index is 0.138. The minimum Gasteiger partial charge on any atom is -0.355 e. The molecule has 0 saturated heterocycles. The summed E-state index contributed by atoms with van der Waals surface area (Å²) in [6.45, 7) is 15.9. The number of H-pyrrole nitrogens is 3. The Morgan fingerprint density at radius 1 is 0.944 bits per heavy atom. The Morgan fingerprint density at radius 3 is 2.14 bits per heavy atom. The molecule has 0 aliphatic carbocycles. The second-order valence-corrected chi connectivity index (χ2v) is 10.7. The molecule has 1 atom stereocenters. The number of aromatic nitrogens is 3. The van der Waals surface area contributed by atoms with Gasteiger partial charge in [0.25, 0.3) is 0 Å². The molecule has 3 aromatic rings. The Bertz CT molecular complexity index is 1640. The summed E-state index contributed by atoms with van der Waals surface area (Å²) in [5.74, 6) is -0.138. The molecule has 0 bridgehead atoms. The van der Waals surface area contributed by atoms with Gasteiger partial charge < -0.3 is 15.0 Å². The van der Waals surface area contributed by atoms with Gasteiger partial charge in [-0.3, -0.25) is 9.79 Å². The molecule has 0 aromatic carbocycles. The van der Waals surface area contributed by atoms with Crippen LogP contribution in [0.25, 0.3) is 12.2 Å². The number of carbonyl (C=O) groups is 1. The maximum absolute atomic E-state index is 13.3. The molecule has 0 amide bonds. The zero-order chi connectivity index (χ0) is 26.6. The Balaban J connectivity index is 1.77. The van der Waals surface area contributed by atoms with Gasteiger partial charge in [0.15, 0.2) is 0 Å². The Labute approximate surface area is 211 Å². The molecule has 0 fully saturated rings. The van der Waals surface area contributed by atoms with Gasteiger partial charge in [0.05, 0.1) is 11.8 Å². The van der Waals surface area contributed by atoms with Gasteiger partial charge in [-0.25, -0.2) is 0 Å². The van der Waals surface area contributed by atoms with E-state index < -0.39 is 5.54 Å². The average molecular weight is 481 g/mol. The summed E-state index contributed by atoms with van der Waals surface area (Å²) in [7, 11) is 0. The maximum Gasteiger partial charge on any atom is 0.211 e. The highest BCUT2D eigenvalue weighted by Crippen LogP contribution is 2.42. The second kappa shape index (κ2) is 8.53. The number of nitriles is 2. The minimum atomic E-state index is -0.739. The molecule has 7 heteroatoms. The molecule has 3 N–H and O–H groups in total. The average Bonchev–Trinajstić information content (AvgIpc) is 3.49. The summed E-state index contributed by atoms with van der Waals surface area (Å²) in [6.07, 6.45) is 4.82. The van der Waals surface area contributed by atoms with E-state index in [2.05, 4.69) is 54.8 Å². The van der Waals surface area contributed by atoms with Crippen LogP contribution in [0.15, 0.2) is 11.1 Å². The van der Waals surface area contributed by atoms with Crippen molar-refractivity contribution in [3.63, 3.8) is 0 Å². The summed E-state index contributed by atoms with van der Waals surface area (Å²) < 4.78 is 0. The van der Waals surface area contributed by atoms with Gasteiger partial charge in [-0.2, -0.15) is 10.5 Å². The van der Waals surface area contributed by atoms with Crippen molar-refractivity contribution in [2.45, 2.75) is 67.3 Å². The molecule has 1 aliphatic heterocycles. The largest absolute Gasteiger partial charge is 0.355 e. The normalized spacial score (nSPS) is 19.9. The molecule has 1 aliphatic rings. The monoisotopic (exact) mass is 480 g/mol. The fourth-order valence-corrected chi connectivity index (χ4v) is 4.77. The highest BCUT2D eigenvalue weighted by atomic mass is 16.1. The lowest BCUT2D eigenvalue weighted by molar-refractivity contribution is 0.103. The van der Waals surface area contributed by atoms with Crippen molar-refractivity contribution in [3.8, 4) is 12.1 Å². The van der Waals surface area contributed by atoms with Crippen molar-refractivity contribution in [3.05, 3.63) is 67.4 Å². The van der Waals surface area contributed by atoms with Crippen molar-refractivity contribution in [2.24, 2.45) is 10.4 Å². The van der Waals surface area contributed by atoms with Crippen LogP contribution < -0.4 is 10.7 Å². The number of aryl methyl sites for hydroxylation is 1. The van der Waals surface area contributed by atoms with E-state index in [0.29, 0.717) is 22.6 Å². The summed E-state index contributed by atoms with van der Waals surface area (Å²) in [6, 6.07) is 6.03. The summed E-state index contributed by atoms with van der Waals surface area (Å²) in [4.78, 5) is 27.8. The SMILES string of the molecule is Cc1[nH]c(C#N)cc1C(=O)c1[nH]c(/C=c2/[nH]/c(=C/C3=N[C@](C)(C#N)C(C)(C)C3)c(C)c2C)c(C)c1C. The molecule has 0 saturated carbocycles. The standard InChI is InChI=1S/C29H32N6O/c1-15-16(2)24(33-23(15)10-20-12-28(6,7)29(8,14-31)35-20)11-25-17(3)18(4)26(34-25)27(36)22-9-21(13-30)32-19(22)5/h9-11,32-34H,12H2,1-8H3/b23-10+,24-11+/t29-/m1/s1. The summed E-state index contributed by atoms with van der Waals surface area (Å²) >= 11 is 0. The van der Waals surface area contributed by atoms with Crippen LogP contribution in [0.1, 0.15) is 82.6 Å². The van der Waals surface area contributed by atoms with Crippen molar-refractivity contribution in [1.29, 1.82) is 10.5 Å². The van der Waals surface area contributed by atoms with E-state index in [1.54, 1.807) is 13.0 Å². The number of aromatic amines is 3. The third-order valence-electron chi connectivity index (χ3n) is 7.97. The van der Waals surface area contributed by atoms with E-state index in [4.69, 9.17) is 10.3 Å². The molecular formula is C29H32N6O. The van der Waals surface area contributed by atoms with Crippen LogP contribution in [0.3, 0.4) is 0 Å². The zero-order valence-electron chi connectivity index (χ0n) is 22.2. The molecule has 4 rings (SSSR count). The van der Waals surface area contributed by atoms with Crippen LogP contribution >= 0.6 is 0 Å². The smallest absolute Gasteiger partial charge is 0.211 e. The third-order valence-corrected chi connectivity index (χ3v) is 7.97. The molecule has 3 aromatic heterocycles. The van der Waals surface area contributed by atoms with E-state index >= 15 is 0 Å². The second-order valence-electron chi connectivity index (χ2n) is 10.7. The number of rotatable bonds is 4. The first-order valence-electron chi connectivity index (χ1n) is 12.0. The zero-order valence-corrected chi connectivity index (χ0v) is 22.2. The number of hydrogen-bond donors (Lipinski definition) is 3. The summed E-state index contributed by atoms with van der Waals surface area (Å²) in [5, 5.41) is 20.8. The lowest BCUT2D eigenvalue weighted by atomic mass is 9.74. The molecular weight excluding hydrogens is 448 g/mol. The van der Waals surface area contributed by atoms with Gasteiger partial charge in [-0.05, 0) is 88.4 Å². The van der Waals surface area contributed by atoms with Crippen LogP contribution in [0.5, 0.6) is 0 Å². The number of carbonyl (C=O) groups excluding carboxylic acids is 1. The van der Waals surface area contributed by atoms with E-state index in [0.717, 1.165) is 50.8 Å². The van der Waals surface area contributed by atoms with E-state index in [-0.39, 0.29) is 11.2 Å². The number of ketones is 1. The van der Waals surface area contributed by atoms with Gasteiger partial charge in [0.1, 0.15) is 17.3 Å². The van der Waals surface area contributed by atoms with Gasteiger partial charge in [-0.1, -0.05) is 13.8 Å². The van der Waals surface area contributed by atoms with Crippen LogP contribution in [0.2, 0.25) is 0 Å². The van der Waals surface area contributed by atoms with Crippen LogP contribution in [-0.2, 0) is 0 Å². The Morgan fingerprint density at radius 2 is 1.58 bits per heavy atom. The fraction of sp³-hybridized carbons (Fsp3) is 0.379. The molecule has 4 heterocycles. The predicted octanol–water partition coefficient (Wildman–Crippen LogP) is 4.08. The predicted molar refractivity (Wildman–Crippen MR) is 141 cm³/mol. The first-order chi connectivity index (χ1) is 16.8. The highest BCUT2D eigenvalue weighted by molar-refractivity contribution is 6.12. The first-order valence-corrected chi connectivity index (χ1v) is 12.0. The lowest BCUT2D eigenvalue weighted by Crippen LogP contribution is -2.34. The number of nitrogens with one attached hydrogen (secondary N) is 3. The van der Waals surface area contributed by atoms with Gasteiger partial charge in [0.2, 0.25) is 5.78 Å². The molecule has 0 radical (unpaired) electrons. The van der Waals surface area contributed by atoms with E-state index in [1.165, 1.54) is 0 Å². The first kappa shape index (κ1) is 25.0. The fourth-order valence-electron chi connectivity index (χ4n) is 4.77. The number of aliphatic imine (C=N–C) groups is 1. The highest BCUT2D eigenvalue weighted by Gasteiger charge is 2.46. The molecule has 0 unspecified atom stereocenters. The van der Waals surface area contributed by atoms with Gasteiger partial charge in [0, 0.05) is 38.8 Å². The number of hydrogen-bond acceptors (Lipinski definition) is 4. The van der Waals surface area contributed by atoms with Gasteiger partial charge in [-0.15, -0.1) is 0 Å². The van der Waals surface area contributed by atoms with Crippen molar-refractivity contribution in [1.82, 2.24) is 15.0 Å². The molecule has 7 nitrogen and oxygen atoms in total. The van der Waals surface area contributed by atoms with Crippen molar-refractivity contribution < 1.29 is 4.79 Å². The lowest BCUT2D eigenvalue weighted by Gasteiger charge is -2.29. The van der Waals surface area contributed by atoms with Crippen LogP contribution in [0.4, 0.5) is 0 Å². The van der Waals surface area contributed by atoms with Crippen molar-refractivity contribution in [2.75, 3.05) is 0 Å². The Hall–Kier alpha value is -4.10. The van der Waals surface area contributed by atoms with E-state index in [1.807, 2.05) is 32.9 Å². The maximum atomic E-state index is 13.3. The summed E-state index contributed by atoms with van der Waals surface area (Å²) in [5.41, 5.74) is 6.99. The van der Waals surface area contributed by atoms with E-state index in [9.17, 15) is 10.1 Å².